The van der Waals surface area contributed by atoms with Gasteiger partial charge in [-0.2, -0.15) is 0 Å². The third-order valence-corrected chi connectivity index (χ3v) is 3.16. The molecule has 2 amide bonds. The Balaban J connectivity index is 2.59. The zero-order valence-corrected chi connectivity index (χ0v) is 10.2. The third kappa shape index (κ3) is 3.59. The zero-order valence-electron chi connectivity index (χ0n) is 10.2. The number of hydrogen-bond acceptors (Lipinski definition) is 3. The molecule has 0 aromatic heterocycles. The summed E-state index contributed by atoms with van der Waals surface area (Å²) in [6.45, 7) is 4.04. The number of carbonyl (C=O) groups is 2. The molecule has 0 radical (unpaired) electrons. The number of carbonyl (C=O) groups excluding carboxylic acids is 1. The summed E-state index contributed by atoms with van der Waals surface area (Å²) < 4.78 is 0. The van der Waals surface area contributed by atoms with Gasteiger partial charge in [0.05, 0.1) is 6.61 Å². The number of likely N-dealkylation sites (tertiary alicyclic amines) is 1. The van der Waals surface area contributed by atoms with Gasteiger partial charge in [0.1, 0.15) is 0 Å². The van der Waals surface area contributed by atoms with Crippen LogP contribution < -0.4 is 5.32 Å². The van der Waals surface area contributed by atoms with E-state index in [1.54, 1.807) is 4.90 Å². The summed E-state index contributed by atoms with van der Waals surface area (Å²) in [5.41, 5.74) is 0. The molecule has 6 nitrogen and oxygen atoms in total. The van der Waals surface area contributed by atoms with Crippen LogP contribution in [-0.4, -0.2) is 52.3 Å². The lowest BCUT2D eigenvalue weighted by Crippen LogP contribution is -2.54. The van der Waals surface area contributed by atoms with Crippen molar-refractivity contribution < 1.29 is 19.8 Å². The number of nitrogens with one attached hydrogen (secondary N) is 1. The molecule has 1 saturated heterocycles. The van der Waals surface area contributed by atoms with Gasteiger partial charge in [0, 0.05) is 12.6 Å². The van der Waals surface area contributed by atoms with Crippen LogP contribution in [-0.2, 0) is 4.79 Å². The average molecular weight is 244 g/mol. The summed E-state index contributed by atoms with van der Waals surface area (Å²) in [4.78, 5) is 24.2. The smallest absolute Gasteiger partial charge is 0.328 e. The number of aliphatic hydroxyl groups excluding tert-OH is 1. The van der Waals surface area contributed by atoms with Gasteiger partial charge in [-0.1, -0.05) is 6.92 Å². The Morgan fingerprint density at radius 3 is 2.59 bits per heavy atom. The van der Waals surface area contributed by atoms with Crippen molar-refractivity contribution in [2.75, 3.05) is 13.2 Å². The fourth-order valence-corrected chi connectivity index (χ4v) is 1.99. The van der Waals surface area contributed by atoms with Crippen molar-refractivity contribution in [2.24, 2.45) is 5.92 Å². The highest BCUT2D eigenvalue weighted by molar-refractivity contribution is 5.82. The van der Waals surface area contributed by atoms with E-state index in [9.17, 15) is 9.59 Å². The van der Waals surface area contributed by atoms with E-state index in [4.69, 9.17) is 10.2 Å². The molecule has 17 heavy (non-hydrogen) atoms. The van der Waals surface area contributed by atoms with E-state index in [-0.39, 0.29) is 6.04 Å². The lowest BCUT2D eigenvalue weighted by Gasteiger charge is -2.37. The number of piperidine rings is 1. The van der Waals surface area contributed by atoms with Gasteiger partial charge in [0.2, 0.25) is 0 Å². The van der Waals surface area contributed by atoms with Crippen molar-refractivity contribution in [2.45, 2.75) is 38.8 Å². The number of urea groups is 1. The van der Waals surface area contributed by atoms with Crippen molar-refractivity contribution >= 4 is 12.0 Å². The van der Waals surface area contributed by atoms with Crippen LogP contribution >= 0.6 is 0 Å². The van der Waals surface area contributed by atoms with Gasteiger partial charge >= 0.3 is 12.0 Å². The summed E-state index contributed by atoms with van der Waals surface area (Å²) in [6.07, 6.45) is 2.00. The van der Waals surface area contributed by atoms with E-state index in [1.165, 1.54) is 0 Å². The Morgan fingerprint density at radius 1 is 1.41 bits per heavy atom. The third-order valence-electron chi connectivity index (χ3n) is 3.16. The second-order valence-corrected chi connectivity index (χ2v) is 4.71. The number of carboxylic acids is 1. The molecule has 0 spiro atoms. The lowest BCUT2D eigenvalue weighted by molar-refractivity contribution is -0.140. The van der Waals surface area contributed by atoms with Crippen molar-refractivity contribution in [1.82, 2.24) is 10.2 Å². The van der Waals surface area contributed by atoms with Crippen molar-refractivity contribution in [3.63, 3.8) is 0 Å². The van der Waals surface area contributed by atoms with Crippen LogP contribution in [0, 0.1) is 5.92 Å². The Morgan fingerprint density at radius 2 is 2.06 bits per heavy atom. The predicted molar refractivity (Wildman–Crippen MR) is 61.6 cm³/mol. The fraction of sp³-hybridized carbons (Fsp3) is 0.818. The Hall–Kier alpha value is -1.30. The molecule has 98 valence electrons. The summed E-state index contributed by atoms with van der Waals surface area (Å²) in [5, 5.41) is 19.9. The molecule has 2 unspecified atom stereocenters. The second kappa shape index (κ2) is 5.86. The zero-order chi connectivity index (χ0) is 13.0. The molecular formula is C11H20N2O4. The molecule has 1 aliphatic rings. The molecule has 1 heterocycles. The van der Waals surface area contributed by atoms with Crippen LogP contribution in [0.15, 0.2) is 0 Å². The quantitative estimate of drug-likeness (QED) is 0.664. The summed E-state index contributed by atoms with van der Waals surface area (Å²) in [6, 6.07) is -1.53. The highest BCUT2D eigenvalue weighted by Crippen LogP contribution is 2.21. The summed E-state index contributed by atoms with van der Waals surface area (Å²) >= 11 is 0. The molecule has 3 N–H and O–H groups in total. The second-order valence-electron chi connectivity index (χ2n) is 4.71. The monoisotopic (exact) mass is 244 g/mol. The van der Waals surface area contributed by atoms with Crippen LogP contribution in [0.5, 0.6) is 0 Å². The van der Waals surface area contributed by atoms with Crippen LogP contribution in [0.2, 0.25) is 0 Å². The number of hydrogen-bond donors (Lipinski definition) is 3. The van der Waals surface area contributed by atoms with Gasteiger partial charge in [0.15, 0.2) is 6.04 Å². The standard InChI is InChI=1S/C11H20N2O4/c1-7-3-4-8(2)13(5-7)11(17)12-9(6-14)10(15)16/h7-9,14H,3-6H2,1-2H3,(H,12,17)(H,15,16)/t7?,8?,9-/m1/s1. The fourth-order valence-electron chi connectivity index (χ4n) is 1.99. The molecule has 1 aliphatic heterocycles. The number of nitrogens with zero attached hydrogens (tertiary/aromatic N) is 1. The maximum Gasteiger partial charge on any atom is 0.328 e. The predicted octanol–water partition coefficient (Wildman–Crippen LogP) is 0.262. The first kappa shape index (κ1) is 13.8. The number of aliphatic hydroxyl groups is 1. The van der Waals surface area contributed by atoms with Crippen molar-refractivity contribution in [3.05, 3.63) is 0 Å². The number of carboxylic acid groups (broad SMARTS) is 1. The first-order chi connectivity index (χ1) is 7.95. The molecule has 0 bridgehead atoms. The lowest BCUT2D eigenvalue weighted by atomic mass is 9.95. The van der Waals surface area contributed by atoms with Gasteiger partial charge in [-0.3, -0.25) is 0 Å². The Labute approximate surface area is 101 Å². The molecule has 6 heteroatoms. The molecular weight excluding hydrogens is 224 g/mol. The van der Waals surface area contributed by atoms with Crippen LogP contribution in [0.25, 0.3) is 0 Å². The largest absolute Gasteiger partial charge is 0.480 e. The Kier molecular flexibility index (Phi) is 4.74. The first-order valence-corrected chi connectivity index (χ1v) is 5.86. The molecule has 3 atom stereocenters. The molecule has 1 rings (SSSR count). The Bertz CT molecular complexity index is 295. The van der Waals surface area contributed by atoms with Gasteiger partial charge in [-0.15, -0.1) is 0 Å². The SMILES string of the molecule is CC1CCC(C)N(C(=O)N[C@H](CO)C(=O)O)C1. The number of aliphatic carboxylic acids is 1. The first-order valence-electron chi connectivity index (χ1n) is 5.86. The highest BCUT2D eigenvalue weighted by atomic mass is 16.4. The van der Waals surface area contributed by atoms with E-state index >= 15 is 0 Å². The molecule has 0 aromatic carbocycles. The number of amides is 2. The van der Waals surface area contributed by atoms with E-state index in [2.05, 4.69) is 12.2 Å². The maximum absolute atomic E-state index is 11.9. The minimum Gasteiger partial charge on any atom is -0.480 e. The summed E-state index contributed by atoms with van der Waals surface area (Å²) in [5.74, 6) is -0.798. The molecule has 0 aromatic rings. The maximum atomic E-state index is 11.9. The molecule has 1 fully saturated rings. The van der Waals surface area contributed by atoms with E-state index in [0.29, 0.717) is 12.5 Å². The van der Waals surface area contributed by atoms with Gasteiger partial charge in [0.25, 0.3) is 0 Å². The van der Waals surface area contributed by atoms with Crippen LogP contribution in [0.4, 0.5) is 4.79 Å². The van der Waals surface area contributed by atoms with E-state index in [1.807, 2.05) is 6.92 Å². The van der Waals surface area contributed by atoms with E-state index in [0.717, 1.165) is 12.8 Å². The average Bonchev–Trinajstić information content (AvgIpc) is 2.28. The normalized spacial score (nSPS) is 26.4. The molecule has 0 aliphatic carbocycles. The highest BCUT2D eigenvalue weighted by Gasteiger charge is 2.29. The van der Waals surface area contributed by atoms with Gasteiger partial charge in [-0.05, 0) is 25.7 Å². The number of rotatable bonds is 3. The minimum absolute atomic E-state index is 0.110. The topological polar surface area (TPSA) is 89.9 Å². The van der Waals surface area contributed by atoms with Crippen molar-refractivity contribution in [1.29, 1.82) is 0 Å². The van der Waals surface area contributed by atoms with Crippen LogP contribution in [0.1, 0.15) is 26.7 Å². The van der Waals surface area contributed by atoms with Crippen LogP contribution in [0.3, 0.4) is 0 Å². The van der Waals surface area contributed by atoms with E-state index < -0.39 is 24.6 Å². The van der Waals surface area contributed by atoms with Gasteiger partial charge < -0.3 is 20.4 Å². The minimum atomic E-state index is -1.23. The summed E-state index contributed by atoms with van der Waals surface area (Å²) in [7, 11) is 0. The van der Waals surface area contributed by atoms with Crippen molar-refractivity contribution in [3.8, 4) is 0 Å². The molecule has 0 saturated carbocycles. The van der Waals surface area contributed by atoms with Gasteiger partial charge in [-0.25, -0.2) is 9.59 Å².